The fraction of sp³-hybridized carbons (Fsp3) is 0.200. The first-order valence-electron chi connectivity index (χ1n) is 4.41. The second-order valence-electron chi connectivity index (χ2n) is 2.76. The summed E-state index contributed by atoms with van der Waals surface area (Å²) < 4.78 is 10.1. The number of para-hydroxylation sites is 1. The van der Waals surface area contributed by atoms with Gasteiger partial charge in [0.25, 0.3) is 0 Å². The fourth-order valence-corrected chi connectivity index (χ4v) is 0.867. The maximum Gasteiger partial charge on any atom is 0.784 e. The summed E-state index contributed by atoms with van der Waals surface area (Å²) in [4.78, 5) is 0. The molecule has 0 saturated heterocycles. The van der Waals surface area contributed by atoms with E-state index in [0.717, 1.165) is 0 Å². The van der Waals surface area contributed by atoms with Crippen LogP contribution in [0.5, 0.6) is 5.75 Å². The SMILES string of the molecule is CC=C(C)OB(O)Oc1ccccc1. The van der Waals surface area contributed by atoms with Crippen LogP contribution in [0.3, 0.4) is 0 Å². The van der Waals surface area contributed by atoms with Crippen molar-refractivity contribution in [2.45, 2.75) is 13.8 Å². The number of rotatable bonds is 4. The van der Waals surface area contributed by atoms with Crippen molar-refractivity contribution in [2.75, 3.05) is 0 Å². The van der Waals surface area contributed by atoms with Crippen LogP contribution in [0.2, 0.25) is 0 Å². The summed E-state index contributed by atoms with van der Waals surface area (Å²) in [5.74, 6) is 1.19. The molecule has 74 valence electrons. The molecule has 0 aromatic heterocycles. The molecule has 3 nitrogen and oxygen atoms in total. The lowest BCUT2D eigenvalue weighted by Gasteiger charge is -2.10. The smallest absolute Gasteiger partial charge is 0.505 e. The van der Waals surface area contributed by atoms with Gasteiger partial charge in [-0.05, 0) is 26.0 Å². The second kappa shape index (κ2) is 5.34. The molecule has 4 heteroatoms. The van der Waals surface area contributed by atoms with Gasteiger partial charge >= 0.3 is 7.32 Å². The predicted octanol–water partition coefficient (Wildman–Crippen LogP) is 1.98. The van der Waals surface area contributed by atoms with E-state index < -0.39 is 7.32 Å². The van der Waals surface area contributed by atoms with E-state index in [1.54, 1.807) is 25.1 Å². The highest BCUT2D eigenvalue weighted by Gasteiger charge is 2.20. The Morgan fingerprint density at radius 1 is 1.36 bits per heavy atom. The van der Waals surface area contributed by atoms with E-state index in [-0.39, 0.29) is 0 Å². The highest BCUT2D eigenvalue weighted by Crippen LogP contribution is 2.10. The Labute approximate surface area is 84.2 Å². The summed E-state index contributed by atoms with van der Waals surface area (Å²) in [6.07, 6.45) is 1.75. The Kier molecular flexibility index (Phi) is 4.07. The number of allylic oxidation sites excluding steroid dienone is 2. The van der Waals surface area contributed by atoms with Crippen LogP contribution in [0.25, 0.3) is 0 Å². The predicted molar refractivity (Wildman–Crippen MR) is 55.6 cm³/mol. The minimum atomic E-state index is -1.26. The molecule has 0 amide bonds. The molecule has 1 aromatic carbocycles. The average Bonchev–Trinajstić information content (AvgIpc) is 2.19. The zero-order valence-electron chi connectivity index (χ0n) is 8.31. The molecule has 0 heterocycles. The average molecular weight is 192 g/mol. The van der Waals surface area contributed by atoms with Gasteiger partial charge in [0, 0.05) is 0 Å². The number of benzene rings is 1. The van der Waals surface area contributed by atoms with Crippen molar-refractivity contribution < 1.29 is 14.3 Å². The molecule has 1 rings (SSSR count). The van der Waals surface area contributed by atoms with Gasteiger partial charge in [-0.3, -0.25) is 0 Å². The van der Waals surface area contributed by atoms with Crippen LogP contribution in [-0.2, 0) is 4.65 Å². The van der Waals surface area contributed by atoms with Crippen LogP contribution in [-0.4, -0.2) is 12.3 Å². The molecule has 0 saturated carbocycles. The Bertz CT molecular complexity index is 297. The van der Waals surface area contributed by atoms with Crippen molar-refractivity contribution >= 4 is 7.32 Å². The summed E-state index contributed by atoms with van der Waals surface area (Å²) in [7, 11) is -1.26. The van der Waals surface area contributed by atoms with Crippen molar-refractivity contribution in [3.8, 4) is 5.75 Å². The van der Waals surface area contributed by atoms with Crippen molar-refractivity contribution in [3.63, 3.8) is 0 Å². The first-order chi connectivity index (χ1) is 6.72. The van der Waals surface area contributed by atoms with Gasteiger partial charge < -0.3 is 14.3 Å². The van der Waals surface area contributed by atoms with Crippen LogP contribution in [0.4, 0.5) is 0 Å². The molecule has 0 aliphatic rings. The molecule has 0 radical (unpaired) electrons. The molecule has 14 heavy (non-hydrogen) atoms. The summed E-state index contributed by atoms with van der Waals surface area (Å²) in [6, 6.07) is 9.02. The van der Waals surface area contributed by atoms with E-state index >= 15 is 0 Å². The van der Waals surface area contributed by atoms with E-state index in [2.05, 4.69) is 0 Å². The summed E-state index contributed by atoms with van der Waals surface area (Å²) in [6.45, 7) is 3.57. The molecular formula is C10H13BO3. The molecule has 1 N–H and O–H groups in total. The highest BCUT2D eigenvalue weighted by molar-refractivity contribution is 6.36. The zero-order chi connectivity index (χ0) is 10.4. The van der Waals surface area contributed by atoms with Gasteiger partial charge in [-0.25, -0.2) is 0 Å². The van der Waals surface area contributed by atoms with Gasteiger partial charge in [-0.15, -0.1) is 0 Å². The zero-order valence-corrected chi connectivity index (χ0v) is 8.31. The lowest BCUT2D eigenvalue weighted by molar-refractivity contribution is 0.247. The molecule has 0 bridgehead atoms. The Morgan fingerprint density at radius 2 is 2.00 bits per heavy atom. The first-order valence-corrected chi connectivity index (χ1v) is 4.41. The van der Waals surface area contributed by atoms with Gasteiger partial charge in [-0.1, -0.05) is 24.3 Å². The number of hydrogen-bond donors (Lipinski definition) is 1. The summed E-state index contributed by atoms with van der Waals surface area (Å²) >= 11 is 0. The van der Waals surface area contributed by atoms with Gasteiger partial charge in [-0.2, -0.15) is 0 Å². The van der Waals surface area contributed by atoms with Crippen molar-refractivity contribution in [2.24, 2.45) is 0 Å². The minimum absolute atomic E-state index is 0.573. The maximum atomic E-state index is 9.32. The molecule has 0 fully saturated rings. The van der Waals surface area contributed by atoms with Crippen molar-refractivity contribution in [1.29, 1.82) is 0 Å². The third-order valence-corrected chi connectivity index (χ3v) is 1.67. The van der Waals surface area contributed by atoms with Crippen LogP contribution >= 0.6 is 0 Å². The monoisotopic (exact) mass is 192 g/mol. The molecule has 0 spiro atoms. The van der Waals surface area contributed by atoms with Crippen LogP contribution in [0, 0.1) is 0 Å². The quantitative estimate of drug-likeness (QED) is 0.585. The molecule has 0 aliphatic carbocycles. The normalized spacial score (nSPS) is 10.9. The third-order valence-electron chi connectivity index (χ3n) is 1.67. The Hall–Kier alpha value is -1.42. The van der Waals surface area contributed by atoms with E-state index in [4.69, 9.17) is 9.31 Å². The standard InChI is InChI=1S/C10H13BO3/c1-3-9(2)13-11(12)14-10-7-5-4-6-8-10/h3-8,12H,1-2H3. The van der Waals surface area contributed by atoms with Crippen LogP contribution < -0.4 is 4.65 Å². The number of hydrogen-bond acceptors (Lipinski definition) is 3. The van der Waals surface area contributed by atoms with Crippen LogP contribution in [0.1, 0.15) is 13.8 Å². The van der Waals surface area contributed by atoms with Crippen LogP contribution in [0.15, 0.2) is 42.2 Å². The van der Waals surface area contributed by atoms with Gasteiger partial charge in [0.15, 0.2) is 0 Å². The highest BCUT2D eigenvalue weighted by atomic mass is 16.7. The van der Waals surface area contributed by atoms with Gasteiger partial charge in [0.2, 0.25) is 0 Å². The van der Waals surface area contributed by atoms with E-state index in [9.17, 15) is 5.02 Å². The maximum absolute atomic E-state index is 9.32. The van der Waals surface area contributed by atoms with Gasteiger partial charge in [0.05, 0.1) is 5.76 Å². The molecule has 1 aromatic rings. The van der Waals surface area contributed by atoms with Gasteiger partial charge in [0.1, 0.15) is 5.75 Å². The second-order valence-corrected chi connectivity index (χ2v) is 2.76. The van der Waals surface area contributed by atoms with Crippen molar-refractivity contribution in [1.82, 2.24) is 0 Å². The molecule has 0 unspecified atom stereocenters. The summed E-state index contributed by atoms with van der Waals surface area (Å²) in [5, 5.41) is 9.32. The van der Waals surface area contributed by atoms with Crippen molar-refractivity contribution in [3.05, 3.63) is 42.2 Å². The lowest BCUT2D eigenvalue weighted by Crippen LogP contribution is -2.25. The molecule has 0 atom stereocenters. The third kappa shape index (κ3) is 3.54. The topological polar surface area (TPSA) is 38.7 Å². The summed E-state index contributed by atoms with van der Waals surface area (Å²) in [5.41, 5.74) is 0. The first kappa shape index (κ1) is 10.7. The largest absolute Gasteiger partial charge is 0.784 e. The fourth-order valence-electron chi connectivity index (χ4n) is 0.867. The lowest BCUT2D eigenvalue weighted by atomic mass is 10.2. The van der Waals surface area contributed by atoms with E-state index in [0.29, 0.717) is 11.5 Å². The molecular weight excluding hydrogens is 179 g/mol. The minimum Gasteiger partial charge on any atom is -0.505 e. The Balaban J connectivity index is 2.45. The van der Waals surface area contributed by atoms with E-state index in [1.165, 1.54) is 0 Å². The molecule has 0 aliphatic heterocycles. The Morgan fingerprint density at radius 3 is 2.57 bits per heavy atom. The van der Waals surface area contributed by atoms with E-state index in [1.807, 2.05) is 25.1 Å².